The van der Waals surface area contributed by atoms with Crippen LogP contribution in [0.1, 0.15) is 24.8 Å². The number of aliphatic hydroxyl groups excluding tert-OH is 1. The van der Waals surface area contributed by atoms with E-state index in [1.807, 2.05) is 65.6 Å². The normalized spacial score (nSPS) is 10.3. The third-order valence-electron chi connectivity index (χ3n) is 3.35. The number of hydrogen-bond donors (Lipinski definition) is 1. The number of anilines is 1. The van der Waals surface area contributed by atoms with Crippen molar-refractivity contribution in [2.45, 2.75) is 25.8 Å². The Morgan fingerprint density at radius 1 is 0.905 bits per heavy atom. The Kier molecular flexibility index (Phi) is 5.98. The van der Waals surface area contributed by atoms with E-state index in [-0.39, 0.29) is 12.5 Å². The minimum atomic E-state index is 0.0958. The van der Waals surface area contributed by atoms with E-state index in [1.165, 1.54) is 0 Å². The van der Waals surface area contributed by atoms with Gasteiger partial charge in [0.2, 0.25) is 5.91 Å². The molecule has 1 amide bonds. The van der Waals surface area contributed by atoms with Crippen molar-refractivity contribution >= 4 is 11.6 Å². The summed E-state index contributed by atoms with van der Waals surface area (Å²) < 4.78 is 0. The molecule has 110 valence electrons. The summed E-state index contributed by atoms with van der Waals surface area (Å²) in [5, 5.41) is 8.85. The van der Waals surface area contributed by atoms with Crippen LogP contribution in [0.5, 0.6) is 0 Å². The van der Waals surface area contributed by atoms with Crippen LogP contribution in [0, 0.1) is 0 Å². The average molecular weight is 283 g/mol. The molecular weight excluding hydrogens is 262 g/mol. The fourth-order valence-corrected chi connectivity index (χ4v) is 2.22. The second-order valence-corrected chi connectivity index (χ2v) is 4.98. The van der Waals surface area contributed by atoms with E-state index in [4.69, 9.17) is 5.11 Å². The first-order valence-electron chi connectivity index (χ1n) is 7.31. The maximum Gasteiger partial charge on any atom is 0.227 e. The van der Waals surface area contributed by atoms with Crippen LogP contribution in [0.4, 0.5) is 5.69 Å². The maximum absolute atomic E-state index is 12.5. The van der Waals surface area contributed by atoms with Gasteiger partial charge in [-0.05, 0) is 30.5 Å². The highest BCUT2D eigenvalue weighted by molar-refractivity contribution is 5.93. The Morgan fingerprint density at radius 2 is 1.52 bits per heavy atom. The van der Waals surface area contributed by atoms with Crippen molar-refractivity contribution in [2.24, 2.45) is 0 Å². The molecule has 0 saturated carbocycles. The number of nitrogens with zero attached hydrogens (tertiary/aromatic N) is 1. The summed E-state index contributed by atoms with van der Waals surface area (Å²) >= 11 is 0. The number of carbonyl (C=O) groups excluding carboxylic acids is 1. The highest BCUT2D eigenvalue weighted by Crippen LogP contribution is 2.18. The zero-order valence-corrected chi connectivity index (χ0v) is 12.1. The molecule has 0 aliphatic carbocycles. The minimum absolute atomic E-state index is 0.0958. The number of benzene rings is 2. The van der Waals surface area contributed by atoms with Crippen molar-refractivity contribution in [3.8, 4) is 0 Å². The summed E-state index contributed by atoms with van der Waals surface area (Å²) in [6.07, 6.45) is 1.84. The van der Waals surface area contributed by atoms with E-state index in [0.717, 1.165) is 11.3 Å². The SMILES string of the molecule is O=C(CCCCO)N(Cc1ccccc1)c1ccccc1. The third kappa shape index (κ3) is 4.72. The number of amides is 1. The first-order chi connectivity index (χ1) is 10.3. The monoisotopic (exact) mass is 283 g/mol. The van der Waals surface area contributed by atoms with Crippen LogP contribution in [0.25, 0.3) is 0 Å². The topological polar surface area (TPSA) is 40.5 Å². The van der Waals surface area contributed by atoms with Crippen LogP contribution in [-0.2, 0) is 11.3 Å². The van der Waals surface area contributed by atoms with Crippen molar-refractivity contribution in [1.29, 1.82) is 0 Å². The van der Waals surface area contributed by atoms with Gasteiger partial charge in [-0.15, -0.1) is 0 Å². The van der Waals surface area contributed by atoms with Gasteiger partial charge in [-0.3, -0.25) is 4.79 Å². The van der Waals surface area contributed by atoms with E-state index in [0.29, 0.717) is 25.8 Å². The molecule has 0 bridgehead atoms. The Bertz CT molecular complexity index is 540. The summed E-state index contributed by atoms with van der Waals surface area (Å²) in [5.74, 6) is 0.0958. The van der Waals surface area contributed by atoms with Gasteiger partial charge in [-0.1, -0.05) is 48.5 Å². The molecule has 0 unspecified atom stereocenters. The zero-order chi connectivity index (χ0) is 14.9. The van der Waals surface area contributed by atoms with Crippen molar-refractivity contribution in [3.05, 3.63) is 66.2 Å². The van der Waals surface area contributed by atoms with Crippen molar-refractivity contribution in [1.82, 2.24) is 0 Å². The Morgan fingerprint density at radius 3 is 2.14 bits per heavy atom. The molecule has 21 heavy (non-hydrogen) atoms. The average Bonchev–Trinajstić information content (AvgIpc) is 2.54. The fourth-order valence-electron chi connectivity index (χ4n) is 2.22. The molecule has 0 radical (unpaired) electrons. The second kappa shape index (κ2) is 8.22. The van der Waals surface area contributed by atoms with Crippen molar-refractivity contribution in [3.63, 3.8) is 0 Å². The van der Waals surface area contributed by atoms with Crippen molar-refractivity contribution < 1.29 is 9.90 Å². The second-order valence-electron chi connectivity index (χ2n) is 4.98. The van der Waals surface area contributed by atoms with Gasteiger partial charge in [0.25, 0.3) is 0 Å². The third-order valence-corrected chi connectivity index (χ3v) is 3.35. The number of rotatable bonds is 7. The number of hydrogen-bond acceptors (Lipinski definition) is 2. The van der Waals surface area contributed by atoms with Crippen LogP contribution in [0.3, 0.4) is 0 Å². The van der Waals surface area contributed by atoms with Gasteiger partial charge < -0.3 is 10.0 Å². The molecule has 2 aromatic carbocycles. The lowest BCUT2D eigenvalue weighted by molar-refractivity contribution is -0.118. The predicted octanol–water partition coefficient (Wildman–Crippen LogP) is 3.38. The van der Waals surface area contributed by atoms with Gasteiger partial charge in [0.05, 0.1) is 6.54 Å². The maximum atomic E-state index is 12.5. The number of unbranched alkanes of at least 4 members (excludes halogenated alkanes) is 1. The van der Waals surface area contributed by atoms with E-state index >= 15 is 0 Å². The van der Waals surface area contributed by atoms with Gasteiger partial charge in [0.1, 0.15) is 0 Å². The first kappa shape index (κ1) is 15.3. The molecule has 0 aliphatic heterocycles. The molecule has 2 aromatic rings. The van der Waals surface area contributed by atoms with Gasteiger partial charge in [-0.25, -0.2) is 0 Å². The van der Waals surface area contributed by atoms with Crippen LogP contribution in [0.15, 0.2) is 60.7 Å². The van der Waals surface area contributed by atoms with Gasteiger partial charge >= 0.3 is 0 Å². The van der Waals surface area contributed by atoms with E-state index in [1.54, 1.807) is 0 Å². The summed E-state index contributed by atoms with van der Waals surface area (Å²) in [5.41, 5.74) is 2.02. The lowest BCUT2D eigenvalue weighted by atomic mass is 10.1. The van der Waals surface area contributed by atoms with Crippen LogP contribution in [-0.4, -0.2) is 17.6 Å². The summed E-state index contributed by atoms with van der Waals surface area (Å²) in [6, 6.07) is 19.7. The Balaban J connectivity index is 2.12. The van der Waals surface area contributed by atoms with Gasteiger partial charge in [0.15, 0.2) is 0 Å². The van der Waals surface area contributed by atoms with E-state index < -0.39 is 0 Å². The minimum Gasteiger partial charge on any atom is -0.396 e. The molecule has 0 aromatic heterocycles. The summed E-state index contributed by atoms with van der Waals surface area (Å²) in [7, 11) is 0. The molecule has 0 saturated heterocycles. The van der Waals surface area contributed by atoms with E-state index in [9.17, 15) is 4.79 Å². The highest BCUT2D eigenvalue weighted by Gasteiger charge is 2.15. The molecule has 3 nitrogen and oxygen atoms in total. The highest BCUT2D eigenvalue weighted by atomic mass is 16.3. The molecule has 2 rings (SSSR count). The molecular formula is C18H21NO2. The molecule has 1 N–H and O–H groups in total. The number of para-hydroxylation sites is 1. The molecule has 0 atom stereocenters. The van der Waals surface area contributed by atoms with Crippen LogP contribution in [0.2, 0.25) is 0 Å². The Labute approximate surface area is 125 Å². The molecule has 0 heterocycles. The fraction of sp³-hybridized carbons (Fsp3) is 0.278. The zero-order valence-electron chi connectivity index (χ0n) is 12.1. The van der Waals surface area contributed by atoms with E-state index in [2.05, 4.69) is 0 Å². The number of carbonyl (C=O) groups is 1. The van der Waals surface area contributed by atoms with Crippen LogP contribution < -0.4 is 4.90 Å². The standard InChI is InChI=1S/C18H21NO2/c20-14-8-7-13-18(21)19(17-11-5-2-6-12-17)15-16-9-3-1-4-10-16/h1-6,9-12,20H,7-8,13-15H2. The largest absolute Gasteiger partial charge is 0.396 e. The van der Waals surface area contributed by atoms with Crippen molar-refractivity contribution in [2.75, 3.05) is 11.5 Å². The lowest BCUT2D eigenvalue weighted by Gasteiger charge is -2.23. The van der Waals surface area contributed by atoms with Crippen LogP contribution >= 0.6 is 0 Å². The molecule has 0 aliphatic rings. The quantitative estimate of drug-likeness (QED) is 0.791. The number of aliphatic hydroxyl groups is 1. The predicted molar refractivity (Wildman–Crippen MR) is 85.0 cm³/mol. The first-order valence-corrected chi connectivity index (χ1v) is 7.31. The smallest absolute Gasteiger partial charge is 0.227 e. The van der Waals surface area contributed by atoms with Gasteiger partial charge in [0, 0.05) is 18.7 Å². The lowest BCUT2D eigenvalue weighted by Crippen LogP contribution is -2.30. The van der Waals surface area contributed by atoms with Gasteiger partial charge in [-0.2, -0.15) is 0 Å². The Hall–Kier alpha value is -2.13. The molecule has 3 heteroatoms. The molecule has 0 spiro atoms. The molecule has 0 fully saturated rings. The summed E-state index contributed by atoms with van der Waals surface area (Å²) in [6.45, 7) is 0.708. The summed E-state index contributed by atoms with van der Waals surface area (Å²) in [4.78, 5) is 14.3.